The highest BCUT2D eigenvalue weighted by molar-refractivity contribution is 5.21. The van der Waals surface area contributed by atoms with Gasteiger partial charge >= 0.3 is 0 Å². The zero-order valence-electron chi connectivity index (χ0n) is 12.9. The van der Waals surface area contributed by atoms with E-state index in [1.807, 2.05) is 13.1 Å². The van der Waals surface area contributed by atoms with Gasteiger partial charge in [-0.25, -0.2) is 8.78 Å². The molecule has 0 saturated heterocycles. The molecule has 0 aliphatic heterocycles. The largest absolute Gasteiger partial charge is 0.308 e. The molecule has 1 N–H and O–H groups in total. The first kappa shape index (κ1) is 15.6. The molecular weight excluding hydrogens is 272 g/mol. The van der Waals surface area contributed by atoms with E-state index in [1.165, 1.54) is 12.1 Å². The summed E-state index contributed by atoms with van der Waals surface area (Å²) in [4.78, 5) is 0. The van der Waals surface area contributed by atoms with Crippen molar-refractivity contribution in [3.8, 4) is 0 Å². The van der Waals surface area contributed by atoms with Crippen LogP contribution < -0.4 is 5.32 Å². The van der Waals surface area contributed by atoms with E-state index in [0.29, 0.717) is 18.7 Å². The highest BCUT2D eigenvalue weighted by atomic mass is 19.1. The van der Waals surface area contributed by atoms with Crippen molar-refractivity contribution in [2.24, 2.45) is 0 Å². The second kappa shape index (κ2) is 5.93. The summed E-state index contributed by atoms with van der Waals surface area (Å²) in [6.07, 6.45) is 1.90. The fourth-order valence-electron chi connectivity index (χ4n) is 2.00. The van der Waals surface area contributed by atoms with Crippen LogP contribution in [-0.2, 0) is 13.1 Å². The molecule has 0 spiro atoms. The molecular formula is C16H21F2N3. The number of nitrogens with zero attached hydrogens (tertiary/aromatic N) is 2. The zero-order valence-corrected chi connectivity index (χ0v) is 12.9. The van der Waals surface area contributed by atoms with Crippen molar-refractivity contribution in [1.29, 1.82) is 0 Å². The fraction of sp³-hybridized carbons (Fsp3) is 0.438. The maximum atomic E-state index is 13.7. The van der Waals surface area contributed by atoms with E-state index in [1.54, 1.807) is 4.68 Å². The summed E-state index contributed by atoms with van der Waals surface area (Å²) in [6, 6.07) is 3.61. The van der Waals surface area contributed by atoms with Crippen molar-refractivity contribution in [2.45, 2.75) is 46.3 Å². The molecule has 0 unspecified atom stereocenters. The quantitative estimate of drug-likeness (QED) is 0.936. The van der Waals surface area contributed by atoms with Crippen molar-refractivity contribution in [3.63, 3.8) is 0 Å². The van der Waals surface area contributed by atoms with E-state index in [0.717, 1.165) is 17.3 Å². The Kier molecular flexibility index (Phi) is 4.42. The molecule has 0 radical (unpaired) electrons. The van der Waals surface area contributed by atoms with Gasteiger partial charge in [-0.3, -0.25) is 4.68 Å². The molecule has 0 aliphatic carbocycles. The SMILES string of the molecule is Cc1nn(Cc2ccc(F)cc2F)cc1CNC(C)(C)C. The molecule has 2 rings (SSSR count). The van der Waals surface area contributed by atoms with Crippen molar-refractivity contribution < 1.29 is 8.78 Å². The Balaban J connectivity index is 2.11. The summed E-state index contributed by atoms with van der Waals surface area (Å²) in [5.41, 5.74) is 2.44. The Morgan fingerprint density at radius 1 is 1.19 bits per heavy atom. The van der Waals surface area contributed by atoms with Crippen LogP contribution in [0.1, 0.15) is 37.6 Å². The molecule has 1 heterocycles. The summed E-state index contributed by atoms with van der Waals surface area (Å²) in [6.45, 7) is 9.23. The van der Waals surface area contributed by atoms with E-state index in [9.17, 15) is 8.78 Å². The minimum Gasteiger partial charge on any atom is -0.308 e. The molecule has 0 atom stereocenters. The first-order valence-corrected chi connectivity index (χ1v) is 6.96. The average molecular weight is 293 g/mol. The molecule has 0 amide bonds. The van der Waals surface area contributed by atoms with Crippen LogP contribution in [0.5, 0.6) is 0 Å². The van der Waals surface area contributed by atoms with Gasteiger partial charge < -0.3 is 5.32 Å². The molecule has 0 saturated carbocycles. The van der Waals surface area contributed by atoms with Crippen molar-refractivity contribution in [2.75, 3.05) is 0 Å². The number of nitrogens with one attached hydrogen (secondary N) is 1. The summed E-state index contributed by atoms with van der Waals surface area (Å²) in [5, 5.41) is 7.78. The number of benzene rings is 1. The number of halogens is 2. The molecule has 3 nitrogen and oxygen atoms in total. The first-order valence-electron chi connectivity index (χ1n) is 6.96. The van der Waals surface area contributed by atoms with E-state index >= 15 is 0 Å². The van der Waals surface area contributed by atoms with Gasteiger partial charge in [-0.05, 0) is 33.8 Å². The number of aryl methyl sites for hydroxylation is 1. The molecule has 0 fully saturated rings. The maximum absolute atomic E-state index is 13.7. The van der Waals surface area contributed by atoms with Crippen LogP contribution >= 0.6 is 0 Å². The summed E-state index contributed by atoms with van der Waals surface area (Å²) in [7, 11) is 0. The molecule has 0 bridgehead atoms. The second-order valence-electron chi connectivity index (χ2n) is 6.28. The number of rotatable bonds is 4. The smallest absolute Gasteiger partial charge is 0.131 e. The summed E-state index contributed by atoms with van der Waals surface area (Å²) in [5.74, 6) is -1.11. The molecule has 0 aliphatic rings. The Morgan fingerprint density at radius 3 is 2.52 bits per heavy atom. The minimum absolute atomic E-state index is 0.0254. The number of aromatic nitrogens is 2. The molecule has 1 aromatic carbocycles. The molecule has 114 valence electrons. The van der Waals surface area contributed by atoms with E-state index < -0.39 is 11.6 Å². The van der Waals surface area contributed by atoms with Crippen LogP contribution in [0.4, 0.5) is 8.78 Å². The third kappa shape index (κ3) is 4.36. The fourth-order valence-corrected chi connectivity index (χ4v) is 2.00. The van der Waals surface area contributed by atoms with Crippen LogP contribution in [0.15, 0.2) is 24.4 Å². The van der Waals surface area contributed by atoms with Crippen molar-refractivity contribution in [3.05, 3.63) is 52.9 Å². The lowest BCUT2D eigenvalue weighted by Crippen LogP contribution is -2.35. The van der Waals surface area contributed by atoms with Gasteiger partial charge in [-0.1, -0.05) is 6.07 Å². The third-order valence-electron chi connectivity index (χ3n) is 3.20. The van der Waals surface area contributed by atoms with Gasteiger partial charge in [0.2, 0.25) is 0 Å². The predicted molar refractivity (Wildman–Crippen MR) is 79.0 cm³/mol. The van der Waals surface area contributed by atoms with Gasteiger partial charge in [0.15, 0.2) is 0 Å². The Hall–Kier alpha value is -1.75. The minimum atomic E-state index is -0.567. The van der Waals surface area contributed by atoms with Crippen LogP contribution in [0.25, 0.3) is 0 Å². The van der Waals surface area contributed by atoms with Gasteiger partial charge in [0.05, 0.1) is 12.2 Å². The summed E-state index contributed by atoms with van der Waals surface area (Å²) < 4.78 is 28.2. The number of hydrogen-bond acceptors (Lipinski definition) is 2. The van der Waals surface area contributed by atoms with Crippen LogP contribution in [0.3, 0.4) is 0 Å². The highest BCUT2D eigenvalue weighted by Gasteiger charge is 2.12. The Bertz CT molecular complexity index is 627. The third-order valence-corrected chi connectivity index (χ3v) is 3.20. The molecule has 21 heavy (non-hydrogen) atoms. The standard InChI is InChI=1S/C16H21F2N3/c1-11-13(8-19-16(2,3)4)10-21(20-11)9-12-5-6-14(17)7-15(12)18/h5-7,10,19H,8-9H2,1-4H3. The van der Waals surface area contributed by atoms with Crippen LogP contribution in [0, 0.1) is 18.6 Å². The molecule has 5 heteroatoms. The van der Waals surface area contributed by atoms with Gasteiger partial charge in [-0.2, -0.15) is 5.10 Å². The van der Waals surface area contributed by atoms with Crippen molar-refractivity contribution >= 4 is 0 Å². The lowest BCUT2D eigenvalue weighted by atomic mass is 10.1. The Morgan fingerprint density at radius 2 is 1.90 bits per heavy atom. The monoisotopic (exact) mass is 293 g/mol. The van der Waals surface area contributed by atoms with Crippen LogP contribution in [0.2, 0.25) is 0 Å². The topological polar surface area (TPSA) is 29.9 Å². The lowest BCUT2D eigenvalue weighted by Gasteiger charge is -2.20. The van der Waals surface area contributed by atoms with Crippen molar-refractivity contribution in [1.82, 2.24) is 15.1 Å². The van der Waals surface area contributed by atoms with E-state index in [2.05, 4.69) is 31.2 Å². The maximum Gasteiger partial charge on any atom is 0.131 e. The number of hydrogen-bond donors (Lipinski definition) is 1. The highest BCUT2D eigenvalue weighted by Crippen LogP contribution is 2.13. The zero-order chi connectivity index (χ0) is 15.6. The average Bonchev–Trinajstić information content (AvgIpc) is 2.70. The normalized spacial score (nSPS) is 11.9. The van der Waals surface area contributed by atoms with Gasteiger partial charge in [0.25, 0.3) is 0 Å². The predicted octanol–water partition coefficient (Wildman–Crippen LogP) is 3.41. The van der Waals surface area contributed by atoms with Gasteiger partial charge in [0, 0.05) is 35.5 Å². The van der Waals surface area contributed by atoms with Crippen LogP contribution in [-0.4, -0.2) is 15.3 Å². The second-order valence-corrected chi connectivity index (χ2v) is 6.28. The Labute approximate surface area is 124 Å². The molecule has 2 aromatic rings. The first-order chi connectivity index (χ1) is 9.74. The van der Waals surface area contributed by atoms with Gasteiger partial charge in [-0.15, -0.1) is 0 Å². The van der Waals surface area contributed by atoms with Gasteiger partial charge in [0.1, 0.15) is 11.6 Å². The summed E-state index contributed by atoms with van der Waals surface area (Å²) >= 11 is 0. The van der Waals surface area contributed by atoms with E-state index in [-0.39, 0.29) is 5.54 Å². The molecule has 1 aromatic heterocycles. The lowest BCUT2D eigenvalue weighted by molar-refractivity contribution is 0.423. The van der Waals surface area contributed by atoms with E-state index in [4.69, 9.17) is 0 Å².